The van der Waals surface area contributed by atoms with Crippen LogP contribution in [0.3, 0.4) is 0 Å². The third-order valence-electron chi connectivity index (χ3n) is 4.94. The highest BCUT2D eigenvalue weighted by molar-refractivity contribution is 5.97. The van der Waals surface area contributed by atoms with Gasteiger partial charge in [-0.3, -0.25) is 10.1 Å². The number of fused-ring (bicyclic) bond motifs is 1. The summed E-state index contributed by atoms with van der Waals surface area (Å²) in [5.74, 6) is -1.58. The van der Waals surface area contributed by atoms with Gasteiger partial charge < -0.3 is 19.5 Å². The largest absolute Gasteiger partial charge is 0.465 e. The van der Waals surface area contributed by atoms with Crippen LogP contribution < -0.4 is 10.1 Å². The SMILES string of the molecule is COC(=O)c1cc(Nc2ncnc(Oc3ccc4ccccc4c3)c2[N+](=O)[O-])cc(C(=O)OC)c1. The van der Waals surface area contributed by atoms with Crippen molar-refractivity contribution < 1.29 is 28.7 Å². The van der Waals surface area contributed by atoms with Crippen molar-refractivity contribution in [2.45, 2.75) is 0 Å². The van der Waals surface area contributed by atoms with Gasteiger partial charge in [0.05, 0.1) is 30.3 Å². The van der Waals surface area contributed by atoms with Gasteiger partial charge in [-0.1, -0.05) is 30.3 Å². The maximum absolute atomic E-state index is 12.1. The maximum Gasteiger partial charge on any atom is 0.373 e. The van der Waals surface area contributed by atoms with Crippen LogP contribution in [0, 0.1) is 10.1 Å². The van der Waals surface area contributed by atoms with Crippen LogP contribution in [0.5, 0.6) is 11.6 Å². The van der Waals surface area contributed by atoms with Crippen LogP contribution in [0.1, 0.15) is 20.7 Å². The van der Waals surface area contributed by atoms with Gasteiger partial charge in [0, 0.05) is 5.69 Å². The predicted molar refractivity (Wildman–Crippen MR) is 125 cm³/mol. The van der Waals surface area contributed by atoms with Crippen molar-refractivity contribution in [3.8, 4) is 11.6 Å². The monoisotopic (exact) mass is 474 g/mol. The van der Waals surface area contributed by atoms with Gasteiger partial charge in [-0.2, -0.15) is 4.98 Å². The van der Waals surface area contributed by atoms with Crippen molar-refractivity contribution in [3.63, 3.8) is 0 Å². The molecule has 176 valence electrons. The first-order valence-electron chi connectivity index (χ1n) is 10.1. The molecule has 0 atom stereocenters. The van der Waals surface area contributed by atoms with Gasteiger partial charge >= 0.3 is 23.5 Å². The third-order valence-corrected chi connectivity index (χ3v) is 4.94. The summed E-state index contributed by atoms with van der Waals surface area (Å²) < 4.78 is 15.2. The number of carbonyl (C=O) groups is 2. The minimum absolute atomic E-state index is 0.0299. The van der Waals surface area contributed by atoms with Crippen molar-refractivity contribution >= 4 is 39.9 Å². The normalized spacial score (nSPS) is 10.5. The molecule has 0 saturated carbocycles. The molecule has 1 aromatic heterocycles. The number of rotatable bonds is 7. The van der Waals surface area contributed by atoms with Gasteiger partial charge in [0.15, 0.2) is 0 Å². The summed E-state index contributed by atoms with van der Waals surface area (Å²) >= 11 is 0. The number of carbonyl (C=O) groups excluding carboxylic acids is 2. The summed E-state index contributed by atoms with van der Waals surface area (Å²) in [4.78, 5) is 43.2. The zero-order valence-corrected chi connectivity index (χ0v) is 18.6. The molecule has 11 heteroatoms. The molecule has 1 N–H and O–H groups in total. The van der Waals surface area contributed by atoms with E-state index in [9.17, 15) is 19.7 Å². The van der Waals surface area contributed by atoms with Crippen molar-refractivity contribution in [1.29, 1.82) is 0 Å². The van der Waals surface area contributed by atoms with E-state index < -0.39 is 22.5 Å². The first kappa shape index (κ1) is 23.1. The molecule has 0 aliphatic heterocycles. The summed E-state index contributed by atoms with van der Waals surface area (Å²) in [6, 6.07) is 16.8. The molecule has 0 spiro atoms. The zero-order valence-electron chi connectivity index (χ0n) is 18.6. The van der Waals surface area contributed by atoms with E-state index in [1.165, 1.54) is 32.4 Å². The van der Waals surface area contributed by atoms with Crippen LogP contribution in [-0.2, 0) is 9.47 Å². The highest BCUT2D eigenvalue weighted by Gasteiger charge is 2.26. The second-order valence-corrected chi connectivity index (χ2v) is 7.15. The molecule has 0 fully saturated rings. The van der Waals surface area contributed by atoms with E-state index >= 15 is 0 Å². The molecule has 0 aliphatic carbocycles. The lowest BCUT2D eigenvalue weighted by atomic mass is 10.1. The van der Waals surface area contributed by atoms with E-state index in [1.54, 1.807) is 12.1 Å². The summed E-state index contributed by atoms with van der Waals surface area (Å²) in [5, 5.41) is 16.6. The molecule has 0 saturated heterocycles. The van der Waals surface area contributed by atoms with E-state index in [-0.39, 0.29) is 28.5 Å². The summed E-state index contributed by atoms with van der Waals surface area (Å²) in [5.41, 5.74) is -0.319. The number of esters is 2. The number of hydrogen-bond donors (Lipinski definition) is 1. The highest BCUT2D eigenvalue weighted by atomic mass is 16.6. The van der Waals surface area contributed by atoms with Gasteiger partial charge in [0.1, 0.15) is 12.1 Å². The molecule has 3 aromatic carbocycles. The first-order valence-corrected chi connectivity index (χ1v) is 10.1. The van der Waals surface area contributed by atoms with Crippen molar-refractivity contribution in [2.24, 2.45) is 0 Å². The number of anilines is 2. The fraction of sp³-hybridized carbons (Fsp3) is 0.0833. The number of aromatic nitrogens is 2. The van der Waals surface area contributed by atoms with Crippen LogP contribution in [0.25, 0.3) is 10.8 Å². The van der Waals surface area contributed by atoms with Gasteiger partial charge in [-0.15, -0.1) is 0 Å². The number of nitrogens with zero attached hydrogens (tertiary/aromatic N) is 3. The Labute approximate surface area is 198 Å². The minimum Gasteiger partial charge on any atom is -0.465 e. The predicted octanol–water partition coefficient (Wildman–Crippen LogP) is 4.65. The number of nitro groups is 1. The standard InChI is InChI=1S/C24H18N4O7/c1-33-23(29)16-9-17(24(30)34-2)11-18(10-16)27-21-20(28(31)32)22(26-13-25-21)35-19-8-7-14-5-3-4-6-15(14)12-19/h3-13H,1-2H3,(H,25,26,27). The lowest BCUT2D eigenvalue weighted by Gasteiger charge is -2.12. The molecular formula is C24H18N4O7. The molecule has 0 aliphatic rings. The number of benzene rings is 3. The van der Waals surface area contributed by atoms with Crippen molar-refractivity contribution in [3.05, 3.63) is 88.2 Å². The van der Waals surface area contributed by atoms with E-state index in [0.29, 0.717) is 5.75 Å². The molecule has 11 nitrogen and oxygen atoms in total. The topological polar surface area (TPSA) is 143 Å². The number of hydrogen-bond acceptors (Lipinski definition) is 10. The van der Waals surface area contributed by atoms with Gasteiger partial charge in [-0.25, -0.2) is 14.6 Å². The summed E-state index contributed by atoms with van der Waals surface area (Å²) in [6.45, 7) is 0. The highest BCUT2D eigenvalue weighted by Crippen LogP contribution is 2.36. The molecule has 0 bridgehead atoms. The van der Waals surface area contributed by atoms with Crippen molar-refractivity contribution in [2.75, 3.05) is 19.5 Å². The molecule has 35 heavy (non-hydrogen) atoms. The maximum atomic E-state index is 12.1. The number of nitrogens with one attached hydrogen (secondary N) is 1. The fourth-order valence-electron chi connectivity index (χ4n) is 3.34. The summed E-state index contributed by atoms with van der Waals surface area (Å²) in [6.07, 6.45) is 1.09. The second-order valence-electron chi connectivity index (χ2n) is 7.15. The van der Waals surface area contributed by atoms with Gasteiger partial charge in [0.25, 0.3) is 0 Å². The fourth-order valence-corrected chi connectivity index (χ4v) is 3.34. The molecule has 0 radical (unpaired) electrons. The van der Waals surface area contributed by atoms with Gasteiger partial charge in [0.2, 0.25) is 5.82 Å². The Morgan fingerprint density at radius 3 is 2.17 bits per heavy atom. The lowest BCUT2D eigenvalue weighted by molar-refractivity contribution is -0.385. The molecule has 0 amide bonds. The second kappa shape index (κ2) is 9.83. The smallest absolute Gasteiger partial charge is 0.373 e. The van der Waals surface area contributed by atoms with E-state index in [0.717, 1.165) is 17.1 Å². The molecule has 4 aromatic rings. The van der Waals surface area contributed by atoms with Crippen LogP contribution in [0.2, 0.25) is 0 Å². The average molecular weight is 474 g/mol. The Hall–Kier alpha value is -5.06. The molecule has 0 unspecified atom stereocenters. The van der Waals surface area contributed by atoms with Crippen LogP contribution in [0.4, 0.5) is 17.2 Å². The third kappa shape index (κ3) is 4.98. The van der Waals surface area contributed by atoms with Crippen LogP contribution in [0.15, 0.2) is 67.0 Å². The Balaban J connectivity index is 1.73. The van der Waals surface area contributed by atoms with Gasteiger partial charge in [-0.05, 0) is 41.1 Å². The van der Waals surface area contributed by atoms with E-state index in [2.05, 4.69) is 15.3 Å². The van der Waals surface area contributed by atoms with E-state index in [4.69, 9.17) is 14.2 Å². The summed E-state index contributed by atoms with van der Waals surface area (Å²) in [7, 11) is 2.37. The van der Waals surface area contributed by atoms with Crippen LogP contribution >= 0.6 is 0 Å². The number of methoxy groups -OCH3 is 2. The molecule has 4 rings (SSSR count). The Kier molecular flexibility index (Phi) is 6.49. The minimum atomic E-state index is -0.712. The average Bonchev–Trinajstić information content (AvgIpc) is 2.87. The zero-order chi connectivity index (χ0) is 24.9. The Bertz CT molecular complexity index is 1420. The molecular weight excluding hydrogens is 456 g/mol. The Morgan fingerprint density at radius 1 is 0.886 bits per heavy atom. The van der Waals surface area contributed by atoms with Crippen LogP contribution in [-0.4, -0.2) is 41.0 Å². The van der Waals surface area contributed by atoms with E-state index in [1.807, 2.05) is 30.3 Å². The quantitative estimate of drug-likeness (QED) is 0.228. The lowest BCUT2D eigenvalue weighted by Crippen LogP contribution is -2.09. The number of ether oxygens (including phenoxy) is 3. The molecule has 1 heterocycles. The van der Waals surface area contributed by atoms with Crippen molar-refractivity contribution in [1.82, 2.24) is 9.97 Å². The first-order chi connectivity index (χ1) is 16.9. The Morgan fingerprint density at radius 2 is 1.54 bits per heavy atom.